The Morgan fingerprint density at radius 3 is 2.47 bits per heavy atom. The summed E-state index contributed by atoms with van der Waals surface area (Å²) in [6.45, 7) is 5.79. The van der Waals surface area contributed by atoms with E-state index in [0.29, 0.717) is 41.4 Å². The van der Waals surface area contributed by atoms with Crippen LogP contribution in [0, 0.1) is 0 Å². The van der Waals surface area contributed by atoms with Crippen LogP contribution < -0.4 is 5.32 Å². The van der Waals surface area contributed by atoms with Crippen LogP contribution in [0.2, 0.25) is 0 Å². The third-order valence-electron chi connectivity index (χ3n) is 6.31. The Hall–Kier alpha value is -3.26. The zero-order valence-electron chi connectivity index (χ0n) is 19.6. The Kier molecular flexibility index (Phi) is 6.97. The van der Waals surface area contributed by atoms with E-state index >= 15 is 0 Å². The monoisotopic (exact) mass is 476 g/mol. The molecule has 34 heavy (non-hydrogen) atoms. The van der Waals surface area contributed by atoms with Gasteiger partial charge in [-0.25, -0.2) is 4.98 Å². The Labute approximate surface area is 201 Å². The number of carbonyl (C=O) groups is 2. The number of rotatable bonds is 7. The third kappa shape index (κ3) is 4.82. The molecule has 2 unspecified atom stereocenters. The summed E-state index contributed by atoms with van der Waals surface area (Å²) in [5.74, 6) is 0.762. The molecule has 2 heterocycles. The molecule has 1 aliphatic carbocycles. The van der Waals surface area contributed by atoms with E-state index in [0.717, 1.165) is 22.6 Å². The Morgan fingerprint density at radius 2 is 1.82 bits per heavy atom. The van der Waals surface area contributed by atoms with Gasteiger partial charge < -0.3 is 5.32 Å². The summed E-state index contributed by atoms with van der Waals surface area (Å²) < 4.78 is 11.9. The maximum Gasteiger partial charge on any atom is 0.229 e. The van der Waals surface area contributed by atoms with Gasteiger partial charge in [0, 0.05) is 16.2 Å². The van der Waals surface area contributed by atoms with E-state index in [1.54, 1.807) is 24.3 Å². The van der Waals surface area contributed by atoms with Crippen LogP contribution in [0.1, 0.15) is 60.2 Å². The molecule has 1 amide bonds. The average molecular weight is 477 g/mol. The molecule has 2 atom stereocenters. The summed E-state index contributed by atoms with van der Waals surface area (Å²) >= 11 is 0. The first-order chi connectivity index (χ1) is 16.3. The van der Waals surface area contributed by atoms with Gasteiger partial charge in [-0.2, -0.15) is 10.2 Å². The lowest BCUT2D eigenvalue weighted by Crippen LogP contribution is -2.39. The van der Waals surface area contributed by atoms with Crippen molar-refractivity contribution in [2.75, 3.05) is 11.1 Å². The lowest BCUT2D eigenvalue weighted by atomic mass is 9.71. The molecule has 7 nitrogen and oxygen atoms in total. The quantitative estimate of drug-likeness (QED) is 0.556. The van der Waals surface area contributed by atoms with Crippen molar-refractivity contribution < 1.29 is 13.8 Å². The summed E-state index contributed by atoms with van der Waals surface area (Å²) in [6, 6.07) is 14.4. The van der Waals surface area contributed by atoms with E-state index in [2.05, 4.69) is 20.5 Å². The number of Topliss-reactive ketones (excluding diaryl/α,β-unsaturated/α-hetero) is 1. The minimum atomic E-state index is -1.01. The van der Waals surface area contributed by atoms with Crippen molar-refractivity contribution in [3.63, 3.8) is 0 Å². The minimum absolute atomic E-state index is 0.0257. The number of aryl methyl sites for hydroxylation is 2. The fraction of sp³-hybridized carbons (Fsp3) is 0.346. The molecule has 0 radical (unpaired) electrons. The molecule has 1 N–H and O–H groups in total. The van der Waals surface area contributed by atoms with Crippen molar-refractivity contribution in [3.05, 3.63) is 76.7 Å². The van der Waals surface area contributed by atoms with E-state index < -0.39 is 16.2 Å². The van der Waals surface area contributed by atoms with Crippen LogP contribution in [0.15, 0.2) is 53.4 Å². The van der Waals surface area contributed by atoms with Crippen molar-refractivity contribution in [1.82, 2.24) is 15.2 Å². The highest BCUT2D eigenvalue weighted by Crippen LogP contribution is 2.37. The third-order valence-corrected chi connectivity index (χ3v) is 7.63. The van der Waals surface area contributed by atoms with Crippen molar-refractivity contribution in [2.45, 2.75) is 56.8 Å². The number of ketones is 1. The van der Waals surface area contributed by atoms with E-state index in [1.807, 2.05) is 45.0 Å². The van der Waals surface area contributed by atoms with Gasteiger partial charge in [0.15, 0.2) is 5.78 Å². The molecule has 4 rings (SSSR count). The summed E-state index contributed by atoms with van der Waals surface area (Å²) in [5, 5.41) is 11.4. The number of anilines is 1. The zero-order valence-corrected chi connectivity index (χ0v) is 20.4. The lowest BCUT2D eigenvalue weighted by molar-refractivity contribution is -0.115. The Morgan fingerprint density at radius 1 is 1.06 bits per heavy atom. The number of hydrogen-bond donors (Lipinski definition) is 1. The molecular formula is C26H28N4O3S. The van der Waals surface area contributed by atoms with E-state index in [-0.39, 0.29) is 18.1 Å². The van der Waals surface area contributed by atoms with Crippen LogP contribution in [0.4, 0.5) is 5.82 Å². The molecule has 0 saturated heterocycles. The largest absolute Gasteiger partial charge is 0.310 e. The molecule has 0 saturated carbocycles. The second-order valence-electron chi connectivity index (χ2n) is 8.62. The fourth-order valence-corrected chi connectivity index (χ4v) is 4.91. The molecule has 8 heteroatoms. The molecule has 1 aliphatic rings. The van der Waals surface area contributed by atoms with Gasteiger partial charge in [0.25, 0.3) is 0 Å². The number of benzene rings is 1. The zero-order chi connectivity index (χ0) is 24.3. The highest BCUT2D eigenvalue weighted by Gasteiger charge is 2.42. The van der Waals surface area contributed by atoms with Crippen molar-refractivity contribution in [2.24, 2.45) is 0 Å². The average Bonchev–Trinajstić information content (AvgIpc) is 2.86. The van der Waals surface area contributed by atoms with Crippen LogP contribution in [-0.2, 0) is 40.3 Å². The molecule has 176 valence electrons. The molecule has 0 bridgehead atoms. The summed E-state index contributed by atoms with van der Waals surface area (Å²) in [5.41, 5.74) is 2.90. The van der Waals surface area contributed by atoms with E-state index in [1.165, 1.54) is 0 Å². The standard InChI is InChI=1S/C26H28N4O3S/c1-4-18-8-12-22(30-29-18)26(3)15-14-21-20(25(26)32)11-13-23(27-21)28-24(31)16-17-6-9-19(10-7-17)34(33)5-2/h6-13H,4-5,14-16H2,1-3H3,(H,27,28,31). The lowest BCUT2D eigenvalue weighted by Gasteiger charge is -2.32. The molecule has 3 aromatic rings. The normalized spacial score (nSPS) is 18.3. The van der Waals surface area contributed by atoms with Crippen molar-refractivity contribution in [1.29, 1.82) is 0 Å². The summed E-state index contributed by atoms with van der Waals surface area (Å²) in [6.07, 6.45) is 2.16. The van der Waals surface area contributed by atoms with Gasteiger partial charge in [0.2, 0.25) is 5.91 Å². The number of nitrogens with one attached hydrogen (secondary N) is 1. The predicted molar refractivity (Wildman–Crippen MR) is 131 cm³/mol. The fourth-order valence-electron chi connectivity index (χ4n) is 4.13. The van der Waals surface area contributed by atoms with Crippen LogP contribution in [0.25, 0.3) is 0 Å². The molecule has 2 aromatic heterocycles. The molecular weight excluding hydrogens is 448 g/mol. The highest BCUT2D eigenvalue weighted by molar-refractivity contribution is 7.85. The molecule has 0 spiro atoms. The minimum Gasteiger partial charge on any atom is -0.310 e. The van der Waals surface area contributed by atoms with Crippen LogP contribution >= 0.6 is 0 Å². The van der Waals surface area contributed by atoms with E-state index in [9.17, 15) is 13.8 Å². The van der Waals surface area contributed by atoms with Crippen LogP contribution in [0.3, 0.4) is 0 Å². The van der Waals surface area contributed by atoms with Gasteiger partial charge in [-0.05, 0) is 68.1 Å². The smallest absolute Gasteiger partial charge is 0.229 e. The van der Waals surface area contributed by atoms with Gasteiger partial charge in [-0.3, -0.25) is 13.8 Å². The number of aromatic nitrogens is 3. The summed E-state index contributed by atoms with van der Waals surface area (Å²) in [4.78, 5) is 31.2. The van der Waals surface area contributed by atoms with Crippen molar-refractivity contribution >= 4 is 28.3 Å². The molecule has 0 aliphatic heterocycles. The van der Waals surface area contributed by atoms with Gasteiger partial charge >= 0.3 is 0 Å². The number of nitrogens with zero attached hydrogens (tertiary/aromatic N) is 3. The Bertz CT molecular complexity index is 1240. The predicted octanol–water partition coefficient (Wildman–Crippen LogP) is 3.83. The van der Waals surface area contributed by atoms with Gasteiger partial charge in [0.1, 0.15) is 5.82 Å². The van der Waals surface area contributed by atoms with Crippen LogP contribution in [-0.4, -0.2) is 36.8 Å². The van der Waals surface area contributed by atoms with Gasteiger partial charge in [-0.15, -0.1) is 0 Å². The number of pyridine rings is 1. The first-order valence-corrected chi connectivity index (χ1v) is 12.8. The number of carbonyl (C=O) groups excluding carboxylic acids is 2. The van der Waals surface area contributed by atoms with Crippen molar-refractivity contribution in [3.8, 4) is 0 Å². The number of hydrogen-bond acceptors (Lipinski definition) is 6. The maximum absolute atomic E-state index is 13.3. The topological polar surface area (TPSA) is 102 Å². The number of amides is 1. The highest BCUT2D eigenvalue weighted by atomic mass is 32.2. The number of fused-ring (bicyclic) bond motifs is 1. The first kappa shape index (κ1) is 23.9. The second kappa shape index (κ2) is 9.93. The van der Waals surface area contributed by atoms with Gasteiger partial charge in [0.05, 0.1) is 39.7 Å². The molecule has 0 fully saturated rings. The Balaban J connectivity index is 1.45. The maximum atomic E-state index is 13.3. The van der Waals surface area contributed by atoms with Crippen LogP contribution in [0.5, 0.6) is 0 Å². The summed E-state index contributed by atoms with van der Waals surface area (Å²) in [7, 11) is -1.01. The SMILES string of the molecule is CCc1ccc(C2(C)CCc3nc(NC(=O)Cc4ccc(S(=O)CC)cc4)ccc3C2=O)nn1. The first-order valence-electron chi connectivity index (χ1n) is 11.5. The van der Waals surface area contributed by atoms with E-state index in [4.69, 9.17) is 0 Å². The molecule has 1 aromatic carbocycles. The second-order valence-corrected chi connectivity index (χ2v) is 10.4. The van der Waals surface area contributed by atoms with Gasteiger partial charge in [-0.1, -0.05) is 26.0 Å².